The van der Waals surface area contributed by atoms with Crippen molar-refractivity contribution in [2.45, 2.75) is 18.2 Å². The van der Waals surface area contributed by atoms with Crippen molar-refractivity contribution in [1.82, 2.24) is 9.80 Å². The lowest BCUT2D eigenvalue weighted by Gasteiger charge is -2.40. The summed E-state index contributed by atoms with van der Waals surface area (Å²) in [6.07, 6.45) is -0.730. The Balaban J connectivity index is 1.18. The zero-order valence-corrected chi connectivity index (χ0v) is 21.3. The predicted molar refractivity (Wildman–Crippen MR) is 149 cm³/mol. The average molecular weight is 493 g/mol. The summed E-state index contributed by atoms with van der Waals surface area (Å²) in [7, 11) is 0. The molecular formula is C33H36N2O2. The fourth-order valence-electron chi connectivity index (χ4n) is 5.29. The number of hydrogen-bond acceptors (Lipinski definition) is 4. The van der Waals surface area contributed by atoms with Crippen molar-refractivity contribution in [2.75, 3.05) is 39.3 Å². The smallest absolute Gasteiger partial charge is 0.108 e. The minimum absolute atomic E-state index is 0.189. The Kier molecular flexibility index (Phi) is 8.78. The third-order valence-electron chi connectivity index (χ3n) is 7.13. The first kappa shape index (κ1) is 25.4. The van der Waals surface area contributed by atoms with Gasteiger partial charge in [-0.15, -0.1) is 0 Å². The Bertz CT molecular complexity index is 1100. The summed E-state index contributed by atoms with van der Waals surface area (Å²) in [5.74, 6) is 0. The van der Waals surface area contributed by atoms with Gasteiger partial charge in [0.15, 0.2) is 0 Å². The highest BCUT2D eigenvalue weighted by Crippen LogP contribution is 2.30. The SMILES string of the molecule is OC(COC(c1ccccc1)c1ccccc1)CN1CCN(C(c2ccccc2)c2ccccc2)CC1. The van der Waals surface area contributed by atoms with Crippen molar-refractivity contribution in [2.24, 2.45) is 0 Å². The molecular weight excluding hydrogens is 456 g/mol. The fourth-order valence-corrected chi connectivity index (χ4v) is 5.29. The maximum atomic E-state index is 10.9. The molecule has 4 nitrogen and oxygen atoms in total. The van der Waals surface area contributed by atoms with Gasteiger partial charge >= 0.3 is 0 Å². The third kappa shape index (κ3) is 6.73. The van der Waals surface area contributed by atoms with E-state index >= 15 is 0 Å². The van der Waals surface area contributed by atoms with Crippen LogP contribution in [0.3, 0.4) is 0 Å². The number of ether oxygens (including phenoxy) is 1. The summed E-state index contributed by atoms with van der Waals surface area (Å²) < 4.78 is 6.31. The number of benzene rings is 4. The van der Waals surface area contributed by atoms with E-state index in [4.69, 9.17) is 4.74 Å². The molecule has 0 spiro atoms. The Morgan fingerprint density at radius 2 is 0.973 bits per heavy atom. The molecule has 4 heteroatoms. The zero-order valence-electron chi connectivity index (χ0n) is 21.3. The molecule has 1 aliphatic heterocycles. The molecule has 1 atom stereocenters. The van der Waals surface area contributed by atoms with E-state index < -0.39 is 6.10 Å². The van der Waals surface area contributed by atoms with E-state index in [0.717, 1.165) is 37.3 Å². The highest BCUT2D eigenvalue weighted by molar-refractivity contribution is 5.32. The molecule has 0 saturated carbocycles. The van der Waals surface area contributed by atoms with Gasteiger partial charge in [0.25, 0.3) is 0 Å². The molecule has 1 heterocycles. The molecule has 0 aromatic heterocycles. The number of aliphatic hydroxyl groups excluding tert-OH is 1. The first-order chi connectivity index (χ1) is 18.3. The van der Waals surface area contributed by atoms with Gasteiger partial charge in [-0.2, -0.15) is 0 Å². The lowest BCUT2D eigenvalue weighted by Crippen LogP contribution is -2.50. The first-order valence-corrected chi connectivity index (χ1v) is 13.2. The van der Waals surface area contributed by atoms with E-state index in [2.05, 4.69) is 94.7 Å². The molecule has 0 aliphatic carbocycles. The number of hydrogen-bond donors (Lipinski definition) is 1. The van der Waals surface area contributed by atoms with Crippen LogP contribution >= 0.6 is 0 Å². The Hall–Kier alpha value is -3.28. The van der Waals surface area contributed by atoms with E-state index in [1.165, 1.54) is 11.1 Å². The van der Waals surface area contributed by atoms with Crippen molar-refractivity contribution in [3.63, 3.8) is 0 Å². The van der Waals surface area contributed by atoms with Crippen molar-refractivity contribution < 1.29 is 9.84 Å². The summed E-state index contributed by atoms with van der Waals surface area (Å²) in [5.41, 5.74) is 4.84. The first-order valence-electron chi connectivity index (χ1n) is 13.2. The van der Waals surface area contributed by atoms with E-state index in [9.17, 15) is 5.11 Å². The van der Waals surface area contributed by atoms with Crippen LogP contribution in [0, 0.1) is 0 Å². The van der Waals surface area contributed by atoms with Gasteiger partial charge in [0, 0.05) is 32.7 Å². The minimum atomic E-state index is -0.541. The number of nitrogens with zero attached hydrogens (tertiary/aromatic N) is 2. The van der Waals surface area contributed by atoms with E-state index in [-0.39, 0.29) is 12.1 Å². The quantitative estimate of drug-likeness (QED) is 0.314. The van der Waals surface area contributed by atoms with Crippen molar-refractivity contribution >= 4 is 0 Å². The van der Waals surface area contributed by atoms with Crippen LogP contribution in [0.25, 0.3) is 0 Å². The summed E-state index contributed by atoms with van der Waals surface area (Å²) in [6.45, 7) is 4.68. The van der Waals surface area contributed by atoms with Crippen molar-refractivity contribution in [3.8, 4) is 0 Å². The monoisotopic (exact) mass is 492 g/mol. The van der Waals surface area contributed by atoms with Crippen LogP contribution in [0.2, 0.25) is 0 Å². The molecule has 4 aromatic carbocycles. The topological polar surface area (TPSA) is 35.9 Å². The Morgan fingerprint density at radius 3 is 1.41 bits per heavy atom. The molecule has 1 unspecified atom stereocenters. The third-order valence-corrected chi connectivity index (χ3v) is 7.13. The number of aliphatic hydroxyl groups is 1. The van der Waals surface area contributed by atoms with Crippen LogP contribution in [-0.4, -0.2) is 60.3 Å². The van der Waals surface area contributed by atoms with Crippen LogP contribution in [-0.2, 0) is 4.74 Å². The Morgan fingerprint density at radius 1 is 0.568 bits per heavy atom. The molecule has 37 heavy (non-hydrogen) atoms. The molecule has 5 rings (SSSR count). The summed E-state index contributed by atoms with van der Waals surface area (Å²) >= 11 is 0. The standard InChI is InChI=1S/C33H36N2O2/c36-31(26-37-33(29-17-9-3-10-18-29)30-19-11-4-12-20-30)25-34-21-23-35(24-22-34)32(27-13-5-1-6-14-27)28-15-7-2-8-16-28/h1-20,31-33,36H,21-26H2. The number of rotatable bonds is 10. The summed E-state index contributed by atoms with van der Waals surface area (Å²) in [6, 6.07) is 42.3. The van der Waals surface area contributed by atoms with Gasteiger partial charge in [0.05, 0.1) is 18.8 Å². The van der Waals surface area contributed by atoms with Gasteiger partial charge in [-0.3, -0.25) is 9.80 Å². The summed E-state index contributed by atoms with van der Waals surface area (Å²) in [4.78, 5) is 4.92. The van der Waals surface area contributed by atoms with Crippen molar-refractivity contribution in [3.05, 3.63) is 144 Å². The number of β-amino-alcohol motifs (C(OH)–C–C–N with tert-alkyl or cyclic N) is 1. The van der Waals surface area contributed by atoms with E-state index in [1.54, 1.807) is 0 Å². The maximum absolute atomic E-state index is 10.9. The lowest BCUT2D eigenvalue weighted by molar-refractivity contribution is -0.0159. The molecule has 0 bridgehead atoms. The average Bonchev–Trinajstić information content (AvgIpc) is 2.97. The second kappa shape index (κ2) is 12.8. The molecule has 1 saturated heterocycles. The predicted octanol–water partition coefficient (Wildman–Crippen LogP) is 5.56. The highest BCUT2D eigenvalue weighted by atomic mass is 16.5. The van der Waals surface area contributed by atoms with Gasteiger partial charge in [-0.25, -0.2) is 0 Å². The van der Waals surface area contributed by atoms with Gasteiger partial charge in [-0.05, 0) is 22.3 Å². The fraction of sp³-hybridized carbons (Fsp3) is 0.273. The Labute approximate surface area is 220 Å². The largest absolute Gasteiger partial charge is 0.389 e. The highest BCUT2D eigenvalue weighted by Gasteiger charge is 2.27. The minimum Gasteiger partial charge on any atom is -0.389 e. The lowest BCUT2D eigenvalue weighted by atomic mass is 9.96. The van der Waals surface area contributed by atoms with Gasteiger partial charge in [-0.1, -0.05) is 121 Å². The summed E-state index contributed by atoms with van der Waals surface area (Å²) in [5, 5.41) is 10.9. The van der Waals surface area contributed by atoms with E-state index in [1.807, 2.05) is 36.4 Å². The van der Waals surface area contributed by atoms with Gasteiger partial charge in [0.2, 0.25) is 0 Å². The van der Waals surface area contributed by atoms with Crippen LogP contribution in [0.4, 0.5) is 0 Å². The molecule has 4 aromatic rings. The second-order valence-corrected chi connectivity index (χ2v) is 9.75. The molecule has 1 fully saturated rings. The normalized spacial score (nSPS) is 15.8. The zero-order chi connectivity index (χ0) is 25.3. The van der Waals surface area contributed by atoms with Gasteiger partial charge < -0.3 is 9.84 Å². The molecule has 190 valence electrons. The van der Waals surface area contributed by atoms with Crippen LogP contribution in [0.15, 0.2) is 121 Å². The molecule has 1 N–H and O–H groups in total. The molecule has 0 amide bonds. The molecule has 1 aliphatic rings. The van der Waals surface area contributed by atoms with Crippen LogP contribution < -0.4 is 0 Å². The van der Waals surface area contributed by atoms with Crippen LogP contribution in [0.5, 0.6) is 0 Å². The number of piperazine rings is 1. The van der Waals surface area contributed by atoms with E-state index in [0.29, 0.717) is 13.2 Å². The van der Waals surface area contributed by atoms with Gasteiger partial charge in [0.1, 0.15) is 6.10 Å². The second-order valence-electron chi connectivity index (χ2n) is 9.75. The van der Waals surface area contributed by atoms with Crippen molar-refractivity contribution in [1.29, 1.82) is 0 Å². The molecule has 0 radical (unpaired) electrons. The maximum Gasteiger partial charge on any atom is 0.108 e. The van der Waals surface area contributed by atoms with Crippen LogP contribution in [0.1, 0.15) is 34.4 Å².